The zero-order valence-corrected chi connectivity index (χ0v) is 11.8. The molecule has 0 aromatic carbocycles. The largest absolute Gasteiger partial charge is 0.372 e. The highest BCUT2D eigenvalue weighted by atomic mass is 16.5. The van der Waals surface area contributed by atoms with Gasteiger partial charge in [0.15, 0.2) is 0 Å². The Morgan fingerprint density at radius 2 is 2.17 bits per heavy atom. The number of imidazole rings is 1. The van der Waals surface area contributed by atoms with E-state index in [1.54, 1.807) is 0 Å². The third kappa shape index (κ3) is 1.79. The van der Waals surface area contributed by atoms with Gasteiger partial charge in [0, 0.05) is 19.8 Å². The number of rotatable bonds is 1. The second-order valence-corrected chi connectivity index (χ2v) is 6.64. The van der Waals surface area contributed by atoms with Crippen molar-refractivity contribution in [3.05, 3.63) is 17.7 Å². The van der Waals surface area contributed by atoms with Gasteiger partial charge in [-0.3, -0.25) is 0 Å². The first-order valence-electron chi connectivity index (χ1n) is 6.79. The first-order chi connectivity index (χ1) is 8.42. The number of ether oxygens (including phenoxy) is 1. The van der Waals surface area contributed by atoms with E-state index in [1.807, 2.05) is 14.0 Å². The summed E-state index contributed by atoms with van der Waals surface area (Å²) < 4.78 is 8.23. The van der Waals surface area contributed by atoms with Gasteiger partial charge >= 0.3 is 0 Å². The van der Waals surface area contributed by atoms with Crippen molar-refractivity contribution >= 4 is 0 Å². The summed E-state index contributed by atoms with van der Waals surface area (Å²) in [6.45, 7) is 8.42. The number of hydrogen-bond donors (Lipinski definition) is 1. The van der Waals surface area contributed by atoms with Gasteiger partial charge in [0.05, 0.1) is 23.9 Å². The molecule has 1 atom stereocenters. The molecule has 2 aliphatic rings. The third-order valence-corrected chi connectivity index (χ3v) is 4.34. The van der Waals surface area contributed by atoms with Crippen molar-refractivity contribution in [2.24, 2.45) is 12.5 Å². The van der Waals surface area contributed by atoms with Crippen LogP contribution in [0.1, 0.15) is 44.2 Å². The molecule has 1 saturated carbocycles. The molecule has 0 bridgehead atoms. The molecule has 1 N–H and O–H groups in total. The Kier molecular flexibility index (Phi) is 2.58. The van der Waals surface area contributed by atoms with E-state index >= 15 is 0 Å². The zero-order valence-electron chi connectivity index (χ0n) is 11.8. The number of morpholine rings is 1. The van der Waals surface area contributed by atoms with Crippen LogP contribution in [-0.2, 0) is 11.8 Å². The van der Waals surface area contributed by atoms with E-state index in [2.05, 4.69) is 34.9 Å². The van der Waals surface area contributed by atoms with Crippen molar-refractivity contribution < 1.29 is 4.74 Å². The Morgan fingerprint density at radius 3 is 2.72 bits per heavy atom. The Labute approximate surface area is 109 Å². The maximum atomic E-state index is 6.14. The highest BCUT2D eigenvalue weighted by Crippen LogP contribution is 2.56. The van der Waals surface area contributed by atoms with Crippen LogP contribution < -0.4 is 5.32 Å². The average Bonchev–Trinajstić information content (AvgIpc) is 2.57. The molecule has 1 aliphatic heterocycles. The molecule has 3 rings (SSSR count). The highest BCUT2D eigenvalue weighted by molar-refractivity contribution is 5.20. The molecule has 2 heterocycles. The normalized spacial score (nSPS) is 29.2. The van der Waals surface area contributed by atoms with Gasteiger partial charge < -0.3 is 14.6 Å². The minimum atomic E-state index is -0.0253. The predicted molar refractivity (Wildman–Crippen MR) is 70.4 cm³/mol. The molecular weight excluding hydrogens is 226 g/mol. The van der Waals surface area contributed by atoms with Crippen LogP contribution >= 0.6 is 0 Å². The summed E-state index contributed by atoms with van der Waals surface area (Å²) in [6, 6.07) is 0.249. The van der Waals surface area contributed by atoms with Gasteiger partial charge in [-0.15, -0.1) is 0 Å². The van der Waals surface area contributed by atoms with E-state index in [0.717, 1.165) is 37.5 Å². The maximum absolute atomic E-state index is 6.14. The first-order valence-corrected chi connectivity index (χ1v) is 6.79. The molecule has 1 unspecified atom stereocenters. The van der Waals surface area contributed by atoms with E-state index < -0.39 is 0 Å². The molecule has 100 valence electrons. The van der Waals surface area contributed by atoms with Gasteiger partial charge in [-0.1, -0.05) is 13.8 Å². The lowest BCUT2D eigenvalue weighted by Crippen LogP contribution is -2.61. The fourth-order valence-corrected chi connectivity index (χ4v) is 3.70. The lowest BCUT2D eigenvalue weighted by molar-refractivity contribution is -0.196. The summed E-state index contributed by atoms with van der Waals surface area (Å²) in [7, 11) is 2.05. The van der Waals surface area contributed by atoms with Crippen LogP contribution in [0.25, 0.3) is 0 Å². The second kappa shape index (κ2) is 3.81. The number of aryl methyl sites for hydroxylation is 2. The molecule has 1 saturated heterocycles. The first kappa shape index (κ1) is 12.2. The summed E-state index contributed by atoms with van der Waals surface area (Å²) in [4.78, 5) is 4.68. The molecule has 1 aromatic heterocycles. The average molecular weight is 249 g/mol. The van der Waals surface area contributed by atoms with Crippen LogP contribution in [0.2, 0.25) is 0 Å². The lowest BCUT2D eigenvalue weighted by atomic mass is 9.57. The van der Waals surface area contributed by atoms with Crippen LogP contribution in [0, 0.1) is 12.3 Å². The van der Waals surface area contributed by atoms with Crippen LogP contribution in [0.4, 0.5) is 0 Å². The van der Waals surface area contributed by atoms with Crippen LogP contribution in [0.3, 0.4) is 0 Å². The zero-order chi connectivity index (χ0) is 13.0. The van der Waals surface area contributed by atoms with Gasteiger partial charge in [-0.2, -0.15) is 0 Å². The minimum absolute atomic E-state index is 0.0253. The standard InChI is InChI=1S/C14H23N3O/c1-10-16-11(7-17(10)4)12-14(18-6-5-15-12)8-13(2,3)9-14/h7,12,15H,5-6,8-9H2,1-4H3. The molecule has 0 amide bonds. The van der Waals surface area contributed by atoms with E-state index in [-0.39, 0.29) is 11.6 Å². The summed E-state index contributed by atoms with van der Waals surface area (Å²) in [5.74, 6) is 1.06. The molecule has 1 spiro atoms. The monoisotopic (exact) mass is 249 g/mol. The quantitative estimate of drug-likeness (QED) is 0.827. The summed E-state index contributed by atoms with van der Waals surface area (Å²) in [5, 5.41) is 3.61. The fourth-order valence-electron chi connectivity index (χ4n) is 3.70. The molecular formula is C14H23N3O. The molecule has 2 fully saturated rings. The molecule has 1 aromatic rings. The third-order valence-electron chi connectivity index (χ3n) is 4.34. The molecule has 4 nitrogen and oxygen atoms in total. The number of hydrogen-bond acceptors (Lipinski definition) is 3. The molecule has 1 aliphatic carbocycles. The Hall–Kier alpha value is -0.870. The minimum Gasteiger partial charge on any atom is -0.372 e. The SMILES string of the molecule is Cc1nc(C2NCCOC23CC(C)(C)C3)cn1C. The van der Waals surface area contributed by atoms with E-state index in [9.17, 15) is 0 Å². The second-order valence-electron chi connectivity index (χ2n) is 6.64. The maximum Gasteiger partial charge on any atom is 0.105 e. The Bertz CT molecular complexity index is 436. The van der Waals surface area contributed by atoms with Crippen LogP contribution in [0.5, 0.6) is 0 Å². The Balaban J connectivity index is 1.89. The van der Waals surface area contributed by atoms with Gasteiger partial charge in [0.25, 0.3) is 0 Å². The highest BCUT2D eigenvalue weighted by Gasteiger charge is 2.56. The van der Waals surface area contributed by atoms with Crippen molar-refractivity contribution in [2.75, 3.05) is 13.2 Å². The van der Waals surface area contributed by atoms with E-state index in [1.165, 1.54) is 0 Å². The number of aromatic nitrogens is 2. The number of nitrogens with one attached hydrogen (secondary N) is 1. The summed E-state index contributed by atoms with van der Waals surface area (Å²) in [6.07, 6.45) is 4.37. The lowest BCUT2D eigenvalue weighted by Gasteiger charge is -2.58. The van der Waals surface area contributed by atoms with Crippen molar-refractivity contribution in [1.82, 2.24) is 14.9 Å². The number of nitrogens with zero attached hydrogens (tertiary/aromatic N) is 2. The summed E-state index contributed by atoms with van der Waals surface area (Å²) >= 11 is 0. The van der Waals surface area contributed by atoms with Crippen molar-refractivity contribution in [3.63, 3.8) is 0 Å². The summed E-state index contributed by atoms with van der Waals surface area (Å²) in [5.41, 5.74) is 1.51. The van der Waals surface area contributed by atoms with Gasteiger partial charge in [-0.05, 0) is 25.2 Å². The molecule has 18 heavy (non-hydrogen) atoms. The van der Waals surface area contributed by atoms with Gasteiger partial charge in [-0.25, -0.2) is 4.98 Å². The van der Waals surface area contributed by atoms with Crippen molar-refractivity contribution in [2.45, 2.75) is 45.3 Å². The van der Waals surface area contributed by atoms with Gasteiger partial charge in [0.2, 0.25) is 0 Å². The molecule has 4 heteroatoms. The van der Waals surface area contributed by atoms with Crippen LogP contribution in [-0.4, -0.2) is 28.3 Å². The van der Waals surface area contributed by atoms with Crippen molar-refractivity contribution in [3.8, 4) is 0 Å². The topological polar surface area (TPSA) is 39.1 Å². The van der Waals surface area contributed by atoms with Crippen LogP contribution in [0.15, 0.2) is 6.20 Å². The van der Waals surface area contributed by atoms with Crippen molar-refractivity contribution in [1.29, 1.82) is 0 Å². The van der Waals surface area contributed by atoms with Gasteiger partial charge in [0.1, 0.15) is 5.82 Å². The Morgan fingerprint density at radius 1 is 1.44 bits per heavy atom. The van der Waals surface area contributed by atoms with E-state index in [4.69, 9.17) is 4.74 Å². The van der Waals surface area contributed by atoms with E-state index in [0.29, 0.717) is 5.41 Å². The predicted octanol–water partition coefficient (Wildman–Crippen LogP) is 1.95. The smallest absolute Gasteiger partial charge is 0.105 e. The molecule has 0 radical (unpaired) electrons. The fraction of sp³-hybridized carbons (Fsp3) is 0.786.